The van der Waals surface area contributed by atoms with Crippen LogP contribution in [-0.4, -0.2) is 36.8 Å². The molecular weight excluding hydrogens is 278 g/mol. The summed E-state index contributed by atoms with van der Waals surface area (Å²) in [5.74, 6) is 0. The van der Waals surface area contributed by atoms with Gasteiger partial charge in [0.25, 0.3) is 5.71 Å². The van der Waals surface area contributed by atoms with E-state index in [1.165, 1.54) is 5.70 Å². The van der Waals surface area contributed by atoms with Crippen molar-refractivity contribution in [3.63, 3.8) is 0 Å². The van der Waals surface area contributed by atoms with E-state index >= 15 is 0 Å². The number of allylic oxidation sites excluding steroid dienone is 3. The van der Waals surface area contributed by atoms with Crippen LogP contribution in [0.1, 0.15) is 20.3 Å². The SMILES string of the molecule is CCN(CC)C1=CCC(=[N+]=[N-])C=C1.[O]=[Cr](=[O])([OH])[OH]. The van der Waals surface area contributed by atoms with E-state index < -0.39 is 13.6 Å². The Bertz CT molecular complexity index is 463. The molecule has 0 spiro atoms. The van der Waals surface area contributed by atoms with Gasteiger partial charge in [-0.05, 0) is 26.0 Å². The zero-order valence-corrected chi connectivity index (χ0v) is 11.6. The second-order valence-electron chi connectivity index (χ2n) is 3.38. The van der Waals surface area contributed by atoms with Crippen molar-refractivity contribution in [3.05, 3.63) is 29.5 Å². The first-order valence-electron chi connectivity index (χ1n) is 5.35. The van der Waals surface area contributed by atoms with Crippen molar-refractivity contribution >= 4 is 5.71 Å². The molecule has 18 heavy (non-hydrogen) atoms. The van der Waals surface area contributed by atoms with E-state index in [1.54, 1.807) is 0 Å². The molecule has 0 radical (unpaired) electrons. The third-order valence-corrected chi connectivity index (χ3v) is 2.22. The van der Waals surface area contributed by atoms with Crippen LogP contribution in [-0.2, 0) is 21.2 Å². The van der Waals surface area contributed by atoms with Crippen molar-refractivity contribution in [2.24, 2.45) is 0 Å². The number of hydrogen-bond acceptors (Lipinski definition) is 3. The van der Waals surface area contributed by atoms with Crippen molar-refractivity contribution < 1.29 is 34.3 Å². The topological polar surface area (TPSA) is 114 Å². The maximum absolute atomic E-state index is 8.82. The summed E-state index contributed by atoms with van der Waals surface area (Å²) >= 11 is -5.25. The van der Waals surface area contributed by atoms with E-state index in [9.17, 15) is 0 Å². The van der Waals surface area contributed by atoms with E-state index in [0.717, 1.165) is 25.2 Å². The monoisotopic (exact) mass is 295 g/mol. The molecule has 0 amide bonds. The summed E-state index contributed by atoms with van der Waals surface area (Å²) in [6.45, 7) is 6.29. The molecule has 1 aliphatic carbocycles. The van der Waals surface area contributed by atoms with Gasteiger partial charge in [-0.2, -0.15) is 4.79 Å². The zero-order chi connectivity index (χ0) is 14.2. The van der Waals surface area contributed by atoms with E-state index in [1.807, 2.05) is 12.2 Å². The summed E-state index contributed by atoms with van der Waals surface area (Å²) in [5.41, 5.74) is 10.5. The third-order valence-electron chi connectivity index (χ3n) is 2.22. The Morgan fingerprint density at radius 1 is 1.33 bits per heavy atom. The Morgan fingerprint density at radius 3 is 2.11 bits per heavy atom. The van der Waals surface area contributed by atoms with Gasteiger partial charge in [0.1, 0.15) is 0 Å². The van der Waals surface area contributed by atoms with Gasteiger partial charge < -0.3 is 10.4 Å². The van der Waals surface area contributed by atoms with Gasteiger partial charge in [0, 0.05) is 24.9 Å². The number of nitrogens with zero attached hydrogens (tertiary/aromatic N) is 3. The number of hydrogen-bond donors (Lipinski definition) is 2. The fraction of sp³-hybridized carbons (Fsp3) is 0.500. The molecule has 0 aromatic heterocycles. The quantitative estimate of drug-likeness (QED) is 0.581. The standard InChI is InChI=1S/C10H15N3.Cr.2H2O.2O/c1-3-13(4-2)10-7-5-9(12-11)6-8-10;;;;;/h5,7-8H,3-4,6H2,1-2H3;;2*1H2;;/q;+2;;;;/p-2. The van der Waals surface area contributed by atoms with Gasteiger partial charge in [0.15, 0.2) is 0 Å². The normalized spacial score (nSPS) is 14.2. The van der Waals surface area contributed by atoms with Crippen LogP contribution >= 0.6 is 0 Å². The molecule has 0 saturated carbocycles. The molecule has 0 heterocycles. The van der Waals surface area contributed by atoms with Crippen molar-refractivity contribution in [1.29, 1.82) is 0 Å². The van der Waals surface area contributed by atoms with Crippen LogP contribution in [0.5, 0.6) is 0 Å². The van der Waals surface area contributed by atoms with Crippen molar-refractivity contribution in [2.75, 3.05) is 13.1 Å². The van der Waals surface area contributed by atoms with Crippen molar-refractivity contribution in [3.8, 4) is 0 Å². The van der Waals surface area contributed by atoms with Crippen LogP contribution in [0.25, 0.3) is 5.53 Å². The summed E-state index contributed by atoms with van der Waals surface area (Å²) in [5, 5.41) is 0. The van der Waals surface area contributed by atoms with Gasteiger partial charge in [-0.15, -0.1) is 0 Å². The minimum atomic E-state index is -5.25. The Morgan fingerprint density at radius 2 is 1.83 bits per heavy atom. The molecule has 0 unspecified atom stereocenters. The Kier molecular flexibility index (Phi) is 7.36. The summed E-state index contributed by atoms with van der Waals surface area (Å²) in [7, 11) is 0. The molecule has 0 bridgehead atoms. The molecule has 1 rings (SSSR count). The molecule has 7 nitrogen and oxygen atoms in total. The fourth-order valence-electron chi connectivity index (χ4n) is 1.42. The summed E-state index contributed by atoms with van der Waals surface area (Å²) in [6.07, 6.45) is 6.65. The van der Waals surface area contributed by atoms with Crippen LogP contribution in [0, 0.1) is 0 Å². The number of likely N-dealkylation sites (N-methyl/N-ethyl adjacent to an activating group) is 1. The molecule has 1 aliphatic rings. The predicted octanol–water partition coefficient (Wildman–Crippen LogP) is 0.489. The average molecular weight is 295 g/mol. The number of rotatable bonds is 3. The van der Waals surface area contributed by atoms with Crippen LogP contribution in [0.2, 0.25) is 0 Å². The Labute approximate surface area is 108 Å². The summed E-state index contributed by atoms with van der Waals surface area (Å²) in [4.78, 5) is 5.43. The molecule has 102 valence electrons. The summed E-state index contributed by atoms with van der Waals surface area (Å²) in [6, 6.07) is 0. The molecule has 0 atom stereocenters. The van der Waals surface area contributed by atoms with Crippen LogP contribution in [0.15, 0.2) is 23.9 Å². The van der Waals surface area contributed by atoms with E-state index in [0.29, 0.717) is 0 Å². The van der Waals surface area contributed by atoms with Crippen LogP contribution in [0.4, 0.5) is 0 Å². The molecule has 8 heteroatoms. The third kappa shape index (κ3) is 7.90. The molecule has 0 saturated heterocycles. The van der Waals surface area contributed by atoms with Gasteiger partial charge >= 0.3 is 29.5 Å². The van der Waals surface area contributed by atoms with E-state index in [-0.39, 0.29) is 0 Å². The first kappa shape index (κ1) is 16.7. The average Bonchev–Trinajstić information content (AvgIpc) is 2.29. The molecule has 2 N–H and O–H groups in total. The van der Waals surface area contributed by atoms with Crippen molar-refractivity contribution in [2.45, 2.75) is 20.3 Å². The zero-order valence-electron chi connectivity index (χ0n) is 10.3. The van der Waals surface area contributed by atoms with E-state index in [4.69, 9.17) is 21.5 Å². The van der Waals surface area contributed by atoms with Crippen LogP contribution in [0.3, 0.4) is 0 Å². The van der Waals surface area contributed by atoms with Crippen LogP contribution < -0.4 is 0 Å². The second-order valence-corrected chi connectivity index (χ2v) is 4.78. The van der Waals surface area contributed by atoms with Crippen molar-refractivity contribution in [1.82, 2.24) is 4.90 Å². The predicted molar refractivity (Wildman–Crippen MR) is 59.2 cm³/mol. The molecule has 0 aliphatic heterocycles. The van der Waals surface area contributed by atoms with E-state index in [2.05, 4.69) is 29.6 Å². The molecule has 0 aromatic rings. The first-order chi connectivity index (χ1) is 8.31. The van der Waals surface area contributed by atoms with Gasteiger partial charge in [-0.25, -0.2) is 0 Å². The maximum atomic E-state index is 8.82. The van der Waals surface area contributed by atoms with Gasteiger partial charge in [0.05, 0.1) is 6.42 Å². The first-order valence-corrected chi connectivity index (χ1v) is 7.53. The van der Waals surface area contributed by atoms with Gasteiger partial charge in [-0.3, -0.25) is 0 Å². The fourth-order valence-corrected chi connectivity index (χ4v) is 1.42. The molecule has 0 aromatic carbocycles. The minimum absolute atomic E-state index is 0.718. The molecular formula is C10H17CrN3O4. The Hall–Kier alpha value is -1.29. The summed E-state index contributed by atoms with van der Waals surface area (Å²) < 4.78 is 31.9. The van der Waals surface area contributed by atoms with Gasteiger partial charge in [0.2, 0.25) is 0 Å². The van der Waals surface area contributed by atoms with Gasteiger partial charge in [-0.1, -0.05) is 0 Å². The molecule has 0 fully saturated rings. The second kappa shape index (κ2) is 7.93. The Balaban J connectivity index is 0.000000494.